The Bertz CT molecular complexity index is 391. The number of rotatable bonds is 8. The van der Waals surface area contributed by atoms with Crippen LogP contribution in [0.25, 0.3) is 0 Å². The molecule has 0 heterocycles. The van der Waals surface area contributed by atoms with Crippen LogP contribution in [0.5, 0.6) is 0 Å². The molecule has 0 fully saturated rings. The van der Waals surface area contributed by atoms with Crippen molar-refractivity contribution in [2.45, 2.75) is 39.7 Å². The number of carbonyl (C=O) groups excluding carboxylic acids is 3. The summed E-state index contributed by atoms with van der Waals surface area (Å²) in [6, 6.07) is 0. The standard InChI is InChI=1S/C15H30N4O3/c1-7-8-16-12(20)10-19(6)14(22)11-18(5)9-13(21)17-15(2,3)4/h7-11H2,1-6H3,(H,16,20)(H,17,21). The number of carbonyl (C=O) groups is 3. The summed E-state index contributed by atoms with van der Waals surface area (Å²) in [7, 11) is 3.28. The van der Waals surface area contributed by atoms with Gasteiger partial charge < -0.3 is 15.5 Å². The largest absolute Gasteiger partial charge is 0.355 e. The second kappa shape index (κ2) is 9.40. The Kier molecular flexibility index (Phi) is 8.70. The molecule has 0 saturated heterocycles. The summed E-state index contributed by atoms with van der Waals surface area (Å²) >= 11 is 0. The lowest BCUT2D eigenvalue weighted by Gasteiger charge is -2.24. The zero-order valence-electron chi connectivity index (χ0n) is 14.7. The van der Waals surface area contributed by atoms with Gasteiger partial charge >= 0.3 is 0 Å². The van der Waals surface area contributed by atoms with Gasteiger partial charge in [0.05, 0.1) is 19.6 Å². The number of likely N-dealkylation sites (N-methyl/N-ethyl adjacent to an activating group) is 2. The maximum atomic E-state index is 12.0. The molecule has 0 aliphatic rings. The third-order valence-electron chi connectivity index (χ3n) is 2.71. The highest BCUT2D eigenvalue weighted by Gasteiger charge is 2.18. The first kappa shape index (κ1) is 20.4. The Labute approximate surface area is 133 Å². The second-order valence-corrected chi connectivity index (χ2v) is 6.57. The van der Waals surface area contributed by atoms with Gasteiger partial charge in [-0.2, -0.15) is 0 Å². The topological polar surface area (TPSA) is 81.8 Å². The minimum Gasteiger partial charge on any atom is -0.355 e. The van der Waals surface area contributed by atoms with Crippen molar-refractivity contribution in [1.82, 2.24) is 20.4 Å². The number of hydrogen-bond acceptors (Lipinski definition) is 4. The number of nitrogens with zero attached hydrogens (tertiary/aromatic N) is 2. The molecule has 22 heavy (non-hydrogen) atoms. The highest BCUT2D eigenvalue weighted by molar-refractivity contribution is 5.86. The van der Waals surface area contributed by atoms with E-state index in [9.17, 15) is 14.4 Å². The van der Waals surface area contributed by atoms with E-state index < -0.39 is 0 Å². The van der Waals surface area contributed by atoms with Crippen molar-refractivity contribution in [3.63, 3.8) is 0 Å². The minimum absolute atomic E-state index is 0.0286. The van der Waals surface area contributed by atoms with Gasteiger partial charge in [0, 0.05) is 19.1 Å². The van der Waals surface area contributed by atoms with E-state index in [2.05, 4.69) is 10.6 Å². The molecule has 0 atom stereocenters. The summed E-state index contributed by atoms with van der Waals surface area (Å²) in [5.74, 6) is -0.505. The lowest BCUT2D eigenvalue weighted by molar-refractivity contribution is -0.136. The van der Waals surface area contributed by atoms with Crippen LogP contribution in [0.4, 0.5) is 0 Å². The first-order valence-corrected chi connectivity index (χ1v) is 7.55. The Morgan fingerprint density at radius 3 is 2.05 bits per heavy atom. The summed E-state index contributed by atoms with van der Waals surface area (Å²) in [6.45, 7) is 8.53. The molecule has 7 heteroatoms. The van der Waals surface area contributed by atoms with Crippen LogP contribution in [0.15, 0.2) is 0 Å². The highest BCUT2D eigenvalue weighted by Crippen LogP contribution is 1.98. The molecule has 0 aromatic rings. The van der Waals surface area contributed by atoms with Crippen LogP contribution in [0.3, 0.4) is 0 Å². The maximum Gasteiger partial charge on any atom is 0.239 e. The maximum absolute atomic E-state index is 12.0. The Morgan fingerprint density at radius 2 is 1.55 bits per heavy atom. The SMILES string of the molecule is CCCNC(=O)CN(C)C(=O)CN(C)CC(=O)NC(C)(C)C. The second-order valence-electron chi connectivity index (χ2n) is 6.57. The Morgan fingerprint density at radius 1 is 0.955 bits per heavy atom. The van der Waals surface area contributed by atoms with Crippen molar-refractivity contribution in [1.29, 1.82) is 0 Å². The highest BCUT2D eigenvalue weighted by atomic mass is 16.2. The average molecular weight is 314 g/mol. The molecule has 128 valence electrons. The van der Waals surface area contributed by atoms with Crippen LogP contribution in [0.1, 0.15) is 34.1 Å². The van der Waals surface area contributed by atoms with Crippen LogP contribution in [0.2, 0.25) is 0 Å². The van der Waals surface area contributed by atoms with Crippen molar-refractivity contribution in [3.05, 3.63) is 0 Å². The average Bonchev–Trinajstić information content (AvgIpc) is 2.33. The first-order valence-electron chi connectivity index (χ1n) is 7.55. The molecule has 0 aliphatic heterocycles. The Balaban J connectivity index is 4.18. The molecule has 3 amide bonds. The minimum atomic E-state index is -0.296. The molecule has 0 saturated carbocycles. The van der Waals surface area contributed by atoms with E-state index in [0.29, 0.717) is 6.54 Å². The molecule has 0 radical (unpaired) electrons. The number of nitrogens with one attached hydrogen (secondary N) is 2. The van der Waals surface area contributed by atoms with Crippen LogP contribution >= 0.6 is 0 Å². The van der Waals surface area contributed by atoms with Crippen molar-refractivity contribution in [2.24, 2.45) is 0 Å². The molecular weight excluding hydrogens is 284 g/mol. The molecule has 0 rings (SSSR count). The fourth-order valence-electron chi connectivity index (χ4n) is 1.73. The van der Waals surface area contributed by atoms with E-state index in [1.165, 1.54) is 4.90 Å². The van der Waals surface area contributed by atoms with Crippen molar-refractivity contribution >= 4 is 17.7 Å². The third kappa shape index (κ3) is 10.1. The van der Waals surface area contributed by atoms with E-state index in [-0.39, 0.29) is 42.9 Å². The first-order chi connectivity index (χ1) is 10.0. The summed E-state index contributed by atoms with van der Waals surface area (Å²) in [6.07, 6.45) is 0.856. The van der Waals surface area contributed by atoms with Gasteiger partial charge in [-0.25, -0.2) is 0 Å². The van der Waals surface area contributed by atoms with E-state index >= 15 is 0 Å². The lowest BCUT2D eigenvalue weighted by Crippen LogP contribution is -2.47. The van der Waals surface area contributed by atoms with Crippen molar-refractivity contribution in [3.8, 4) is 0 Å². The lowest BCUT2D eigenvalue weighted by atomic mass is 10.1. The quantitative estimate of drug-likeness (QED) is 0.651. The van der Waals surface area contributed by atoms with Crippen molar-refractivity contribution < 1.29 is 14.4 Å². The molecule has 0 aliphatic carbocycles. The zero-order chi connectivity index (χ0) is 17.3. The van der Waals surface area contributed by atoms with Crippen LogP contribution < -0.4 is 10.6 Å². The zero-order valence-corrected chi connectivity index (χ0v) is 14.7. The summed E-state index contributed by atoms with van der Waals surface area (Å²) in [5, 5.41) is 5.56. The van der Waals surface area contributed by atoms with E-state index in [1.807, 2.05) is 27.7 Å². The Hall–Kier alpha value is -1.63. The van der Waals surface area contributed by atoms with Gasteiger partial charge in [0.25, 0.3) is 0 Å². The van der Waals surface area contributed by atoms with Crippen LogP contribution in [-0.2, 0) is 14.4 Å². The molecule has 0 aromatic heterocycles. The molecule has 0 unspecified atom stereocenters. The normalized spacial score (nSPS) is 11.2. The van der Waals surface area contributed by atoms with Crippen molar-refractivity contribution in [2.75, 3.05) is 40.3 Å². The van der Waals surface area contributed by atoms with Gasteiger partial charge in [0.2, 0.25) is 17.7 Å². The van der Waals surface area contributed by atoms with Gasteiger partial charge in [-0.15, -0.1) is 0 Å². The monoisotopic (exact) mass is 314 g/mol. The fraction of sp³-hybridized carbons (Fsp3) is 0.800. The van der Waals surface area contributed by atoms with Gasteiger partial charge in [-0.3, -0.25) is 19.3 Å². The van der Waals surface area contributed by atoms with E-state index in [4.69, 9.17) is 0 Å². The third-order valence-corrected chi connectivity index (χ3v) is 2.71. The summed E-state index contributed by atoms with van der Waals surface area (Å²) in [5.41, 5.74) is -0.296. The molecule has 2 N–H and O–H groups in total. The van der Waals surface area contributed by atoms with Crippen LogP contribution in [-0.4, -0.2) is 73.3 Å². The number of amides is 3. The van der Waals surface area contributed by atoms with Crippen LogP contribution in [0, 0.1) is 0 Å². The molecular formula is C15H30N4O3. The van der Waals surface area contributed by atoms with Gasteiger partial charge in [0.15, 0.2) is 0 Å². The fourth-order valence-corrected chi connectivity index (χ4v) is 1.73. The van der Waals surface area contributed by atoms with E-state index in [0.717, 1.165) is 6.42 Å². The molecule has 0 bridgehead atoms. The molecule has 0 aromatic carbocycles. The van der Waals surface area contributed by atoms with Gasteiger partial charge in [-0.1, -0.05) is 6.92 Å². The van der Waals surface area contributed by atoms with E-state index in [1.54, 1.807) is 19.0 Å². The predicted octanol–water partition coefficient (Wildman–Crippen LogP) is -0.182. The smallest absolute Gasteiger partial charge is 0.239 e. The summed E-state index contributed by atoms with van der Waals surface area (Å²) in [4.78, 5) is 38.3. The molecule has 0 spiro atoms. The van der Waals surface area contributed by atoms with Gasteiger partial charge in [-0.05, 0) is 34.2 Å². The molecule has 7 nitrogen and oxygen atoms in total. The van der Waals surface area contributed by atoms with Gasteiger partial charge in [0.1, 0.15) is 0 Å². The summed E-state index contributed by atoms with van der Waals surface area (Å²) < 4.78 is 0. The number of hydrogen-bond donors (Lipinski definition) is 2. The predicted molar refractivity (Wildman–Crippen MR) is 86.3 cm³/mol.